The zero-order chi connectivity index (χ0) is 15.4. The Bertz CT molecular complexity index is 446. The molecule has 1 aromatic rings. The minimum atomic E-state index is 0.194. The monoisotopic (exact) mass is 320 g/mol. The molecule has 0 radical (unpaired) electrons. The molecular formula is C20H29ClO. The van der Waals surface area contributed by atoms with Crippen molar-refractivity contribution in [1.82, 2.24) is 0 Å². The lowest BCUT2D eigenvalue weighted by Gasteiger charge is -2.47. The fourth-order valence-corrected chi connectivity index (χ4v) is 4.89. The maximum Gasteiger partial charge on any atom is 0.0871 e. The number of unbranched alkanes of at least 4 members (excludes halogenated alkanes) is 2. The van der Waals surface area contributed by atoms with Crippen LogP contribution >= 0.6 is 11.6 Å². The van der Waals surface area contributed by atoms with Crippen LogP contribution in [-0.2, 0) is 4.74 Å². The Balaban J connectivity index is 1.80. The first-order chi connectivity index (χ1) is 10.8. The Kier molecular flexibility index (Phi) is 5.82. The quantitative estimate of drug-likeness (QED) is 0.469. The molecule has 5 atom stereocenters. The van der Waals surface area contributed by atoms with E-state index in [0.717, 1.165) is 0 Å². The number of fused-ring (bicyclic) bond motifs is 1. The summed E-state index contributed by atoms with van der Waals surface area (Å²) in [5.74, 6) is 1.04. The number of halogens is 1. The molecule has 1 heterocycles. The van der Waals surface area contributed by atoms with E-state index in [4.69, 9.17) is 16.3 Å². The van der Waals surface area contributed by atoms with Crippen molar-refractivity contribution in [3.05, 3.63) is 35.9 Å². The molecule has 1 nitrogen and oxygen atoms in total. The van der Waals surface area contributed by atoms with Gasteiger partial charge in [-0.2, -0.15) is 0 Å². The first-order valence-electron chi connectivity index (χ1n) is 9.15. The van der Waals surface area contributed by atoms with Gasteiger partial charge in [-0.1, -0.05) is 69.4 Å². The summed E-state index contributed by atoms with van der Waals surface area (Å²) >= 11 is 7.00. The van der Waals surface area contributed by atoms with Crippen LogP contribution in [0, 0.1) is 11.8 Å². The number of hydrogen-bond acceptors (Lipinski definition) is 1. The van der Waals surface area contributed by atoms with E-state index in [0.29, 0.717) is 17.9 Å². The minimum absolute atomic E-state index is 0.194. The summed E-state index contributed by atoms with van der Waals surface area (Å²) in [6.07, 6.45) is 10.7. The van der Waals surface area contributed by atoms with Crippen molar-refractivity contribution in [3.63, 3.8) is 0 Å². The van der Waals surface area contributed by atoms with Crippen molar-refractivity contribution < 1.29 is 4.74 Å². The molecule has 2 fully saturated rings. The Morgan fingerprint density at radius 1 is 1.09 bits per heavy atom. The fourth-order valence-electron chi connectivity index (χ4n) is 4.34. The summed E-state index contributed by atoms with van der Waals surface area (Å²) in [7, 11) is 0. The summed E-state index contributed by atoms with van der Waals surface area (Å²) in [4.78, 5) is 0. The Morgan fingerprint density at radius 3 is 2.64 bits per heavy atom. The number of ether oxygens (including phenoxy) is 1. The van der Waals surface area contributed by atoms with Gasteiger partial charge in [0.2, 0.25) is 0 Å². The van der Waals surface area contributed by atoms with Crippen LogP contribution in [0.5, 0.6) is 0 Å². The zero-order valence-corrected chi connectivity index (χ0v) is 14.5. The highest BCUT2D eigenvalue weighted by Crippen LogP contribution is 2.48. The molecule has 1 saturated heterocycles. The first-order valence-corrected chi connectivity index (χ1v) is 9.59. The van der Waals surface area contributed by atoms with Crippen molar-refractivity contribution in [1.29, 1.82) is 0 Å². The number of benzene rings is 1. The van der Waals surface area contributed by atoms with Crippen LogP contribution in [0.4, 0.5) is 0 Å². The van der Waals surface area contributed by atoms with Crippen molar-refractivity contribution >= 4 is 11.6 Å². The molecule has 2 heteroatoms. The van der Waals surface area contributed by atoms with Crippen molar-refractivity contribution in [2.75, 3.05) is 0 Å². The molecule has 1 aliphatic heterocycles. The Hall–Kier alpha value is -0.530. The molecule has 1 aliphatic carbocycles. The van der Waals surface area contributed by atoms with E-state index in [1.54, 1.807) is 0 Å². The predicted molar refractivity (Wildman–Crippen MR) is 93.3 cm³/mol. The molecule has 0 amide bonds. The predicted octanol–water partition coefficient (Wildman–Crippen LogP) is 6.12. The molecule has 1 aromatic carbocycles. The second-order valence-electron chi connectivity index (χ2n) is 7.06. The summed E-state index contributed by atoms with van der Waals surface area (Å²) in [5.41, 5.74) is 1.32. The molecule has 0 bridgehead atoms. The molecule has 3 rings (SSSR count). The maximum absolute atomic E-state index is 7.00. The van der Waals surface area contributed by atoms with E-state index in [-0.39, 0.29) is 11.5 Å². The van der Waals surface area contributed by atoms with Gasteiger partial charge in [-0.3, -0.25) is 0 Å². The van der Waals surface area contributed by atoms with Gasteiger partial charge in [0, 0.05) is 17.2 Å². The van der Waals surface area contributed by atoms with Crippen LogP contribution in [0.3, 0.4) is 0 Å². The van der Waals surface area contributed by atoms with Crippen LogP contribution in [0.25, 0.3) is 0 Å². The molecule has 0 spiro atoms. The topological polar surface area (TPSA) is 9.23 Å². The molecule has 0 aromatic heterocycles. The van der Waals surface area contributed by atoms with Gasteiger partial charge >= 0.3 is 0 Å². The largest absolute Gasteiger partial charge is 0.370 e. The van der Waals surface area contributed by atoms with Crippen molar-refractivity contribution in [2.45, 2.75) is 75.9 Å². The van der Waals surface area contributed by atoms with Gasteiger partial charge in [0.25, 0.3) is 0 Å². The van der Waals surface area contributed by atoms with E-state index in [9.17, 15) is 0 Å². The fraction of sp³-hybridized carbons (Fsp3) is 0.700. The van der Waals surface area contributed by atoms with Crippen molar-refractivity contribution in [3.8, 4) is 0 Å². The third kappa shape index (κ3) is 3.51. The highest BCUT2D eigenvalue weighted by atomic mass is 35.5. The zero-order valence-electron chi connectivity index (χ0n) is 13.7. The van der Waals surface area contributed by atoms with E-state index in [1.807, 2.05) is 0 Å². The second-order valence-corrected chi connectivity index (χ2v) is 7.56. The molecular weight excluding hydrogens is 292 g/mol. The SMILES string of the molecule is CCCCC[C@@H]1[C@H](Cl)[C@H]2CCCC[C@@H]2O[C@@H]1c1ccccc1. The first kappa shape index (κ1) is 16.3. The smallest absolute Gasteiger partial charge is 0.0871 e. The van der Waals surface area contributed by atoms with Crippen LogP contribution in [0.2, 0.25) is 0 Å². The summed E-state index contributed by atoms with van der Waals surface area (Å²) in [6, 6.07) is 10.8. The van der Waals surface area contributed by atoms with Gasteiger partial charge in [-0.15, -0.1) is 11.6 Å². The van der Waals surface area contributed by atoms with Gasteiger partial charge in [-0.05, 0) is 24.8 Å². The minimum Gasteiger partial charge on any atom is -0.370 e. The summed E-state index contributed by atoms with van der Waals surface area (Å²) < 4.78 is 6.61. The molecule has 122 valence electrons. The second kappa shape index (κ2) is 7.84. The van der Waals surface area contributed by atoms with Gasteiger partial charge in [0.05, 0.1) is 12.2 Å². The van der Waals surface area contributed by atoms with Crippen molar-refractivity contribution in [2.24, 2.45) is 11.8 Å². The molecule has 2 aliphatic rings. The lowest BCUT2D eigenvalue weighted by molar-refractivity contribution is -0.130. The Labute approximate surface area is 140 Å². The van der Waals surface area contributed by atoms with Crippen LogP contribution in [-0.4, -0.2) is 11.5 Å². The molecule has 0 unspecified atom stereocenters. The number of rotatable bonds is 5. The average molecular weight is 321 g/mol. The van der Waals surface area contributed by atoms with Crippen LogP contribution in [0.1, 0.15) is 70.0 Å². The Morgan fingerprint density at radius 2 is 1.86 bits per heavy atom. The van der Waals surface area contributed by atoms with Crippen LogP contribution in [0.15, 0.2) is 30.3 Å². The highest BCUT2D eigenvalue weighted by molar-refractivity contribution is 6.21. The van der Waals surface area contributed by atoms with E-state index in [2.05, 4.69) is 37.3 Å². The summed E-state index contributed by atoms with van der Waals surface area (Å²) in [5, 5.41) is 0.279. The van der Waals surface area contributed by atoms with Gasteiger partial charge in [0.15, 0.2) is 0 Å². The van der Waals surface area contributed by atoms with Gasteiger partial charge in [-0.25, -0.2) is 0 Å². The summed E-state index contributed by atoms with van der Waals surface area (Å²) in [6.45, 7) is 2.27. The van der Waals surface area contributed by atoms with Crippen LogP contribution < -0.4 is 0 Å². The van der Waals surface area contributed by atoms with E-state index < -0.39 is 0 Å². The van der Waals surface area contributed by atoms with E-state index in [1.165, 1.54) is 56.9 Å². The van der Waals surface area contributed by atoms with Gasteiger partial charge in [0.1, 0.15) is 0 Å². The van der Waals surface area contributed by atoms with E-state index >= 15 is 0 Å². The lowest BCUT2D eigenvalue weighted by atomic mass is 9.73. The van der Waals surface area contributed by atoms with Gasteiger partial charge < -0.3 is 4.74 Å². The molecule has 22 heavy (non-hydrogen) atoms. The third-order valence-corrected chi connectivity index (χ3v) is 6.20. The number of alkyl halides is 1. The maximum atomic E-state index is 7.00. The highest BCUT2D eigenvalue weighted by Gasteiger charge is 2.45. The number of hydrogen-bond donors (Lipinski definition) is 0. The molecule has 1 saturated carbocycles. The molecule has 0 N–H and O–H groups in total. The average Bonchev–Trinajstić information content (AvgIpc) is 2.57. The lowest BCUT2D eigenvalue weighted by Crippen LogP contribution is -2.46. The normalized spacial score (nSPS) is 35.1. The standard InChI is InChI=1S/C20H29ClO/c1-2-3-5-13-17-19(21)16-12-8-9-14-18(16)22-20(17)15-10-6-4-7-11-15/h4,6-7,10-11,16-20H,2-3,5,8-9,12-14H2,1H3/t16-,17+,18-,19+,20+/m0/s1. The third-order valence-electron chi connectivity index (χ3n) is 5.55.